The first kappa shape index (κ1) is 10.7. The van der Waals surface area contributed by atoms with Gasteiger partial charge >= 0.3 is 11.8 Å². The lowest BCUT2D eigenvalue weighted by Crippen LogP contribution is -2.44. The van der Waals surface area contributed by atoms with E-state index in [1.54, 1.807) is 6.20 Å². The highest BCUT2D eigenvalue weighted by Crippen LogP contribution is 2.30. The molecule has 2 amide bonds. The van der Waals surface area contributed by atoms with Crippen LogP contribution < -0.4 is 5.73 Å². The molecule has 0 aromatic carbocycles. The Morgan fingerprint density at radius 2 is 2.31 bits per heavy atom. The fraction of sp³-hybridized carbons (Fsp3) is 0.500. The van der Waals surface area contributed by atoms with E-state index < -0.39 is 11.8 Å². The first-order valence-electron chi connectivity index (χ1n) is 5.19. The molecule has 6 heteroatoms. The van der Waals surface area contributed by atoms with Gasteiger partial charge in [0.2, 0.25) is 0 Å². The zero-order chi connectivity index (χ0) is 11.5. The zero-order valence-electron chi connectivity index (χ0n) is 8.76. The zero-order valence-corrected chi connectivity index (χ0v) is 8.76. The van der Waals surface area contributed by atoms with Gasteiger partial charge in [0.05, 0.1) is 12.2 Å². The number of carbonyl (C=O) groups is 2. The summed E-state index contributed by atoms with van der Waals surface area (Å²) in [6.07, 6.45) is 5.53. The molecule has 16 heavy (non-hydrogen) atoms. The molecule has 2 rings (SSSR count). The number of rotatable bonds is 1. The summed E-state index contributed by atoms with van der Waals surface area (Å²) in [6, 6.07) is -0.212. The number of amides is 2. The molecule has 0 aliphatic carbocycles. The number of hydrogen-bond acceptors (Lipinski definition) is 4. The number of carbonyl (C=O) groups excluding carboxylic acids is 2. The van der Waals surface area contributed by atoms with Crippen LogP contribution in [0.25, 0.3) is 0 Å². The maximum Gasteiger partial charge on any atom is 0.312 e. The minimum Gasteiger partial charge on any atom is -0.446 e. The van der Waals surface area contributed by atoms with Crippen LogP contribution in [0.5, 0.6) is 0 Å². The van der Waals surface area contributed by atoms with Crippen LogP contribution in [-0.4, -0.2) is 28.2 Å². The van der Waals surface area contributed by atoms with E-state index in [2.05, 4.69) is 4.98 Å². The molecule has 1 aromatic heterocycles. The van der Waals surface area contributed by atoms with Gasteiger partial charge in [-0.3, -0.25) is 9.59 Å². The normalized spacial score (nSPS) is 20.8. The Morgan fingerprint density at radius 1 is 1.50 bits per heavy atom. The summed E-state index contributed by atoms with van der Waals surface area (Å²) in [5.41, 5.74) is 5.01. The van der Waals surface area contributed by atoms with Crippen LogP contribution in [0.2, 0.25) is 0 Å². The van der Waals surface area contributed by atoms with Crippen LogP contribution in [0, 0.1) is 0 Å². The molecule has 1 aliphatic heterocycles. The van der Waals surface area contributed by atoms with Crippen molar-refractivity contribution < 1.29 is 14.0 Å². The van der Waals surface area contributed by atoms with E-state index in [1.165, 1.54) is 11.3 Å². The fourth-order valence-electron chi connectivity index (χ4n) is 2.00. The van der Waals surface area contributed by atoms with Crippen LogP contribution in [0.1, 0.15) is 31.1 Å². The number of oxazole rings is 1. The molecule has 2 N–H and O–H groups in total. The number of piperidine rings is 1. The number of nitrogens with two attached hydrogens (primary N) is 1. The molecule has 1 atom stereocenters. The second-order valence-corrected chi connectivity index (χ2v) is 3.78. The summed E-state index contributed by atoms with van der Waals surface area (Å²) in [5, 5.41) is 0. The van der Waals surface area contributed by atoms with Crippen molar-refractivity contribution in [3.05, 3.63) is 18.4 Å². The molecule has 0 bridgehead atoms. The molecule has 1 fully saturated rings. The van der Waals surface area contributed by atoms with E-state index in [0.29, 0.717) is 12.3 Å². The van der Waals surface area contributed by atoms with Gasteiger partial charge in [0.25, 0.3) is 0 Å². The highest BCUT2D eigenvalue weighted by Gasteiger charge is 2.32. The van der Waals surface area contributed by atoms with Crippen LogP contribution in [-0.2, 0) is 9.59 Å². The van der Waals surface area contributed by atoms with E-state index in [4.69, 9.17) is 10.2 Å². The summed E-state index contributed by atoms with van der Waals surface area (Å²) in [5.74, 6) is -0.971. The van der Waals surface area contributed by atoms with Crippen molar-refractivity contribution in [2.24, 2.45) is 5.73 Å². The average Bonchev–Trinajstić information content (AvgIpc) is 2.81. The van der Waals surface area contributed by atoms with Gasteiger partial charge < -0.3 is 15.1 Å². The van der Waals surface area contributed by atoms with Gasteiger partial charge in [0, 0.05) is 6.54 Å². The predicted molar refractivity (Wildman–Crippen MR) is 54.0 cm³/mol. The minimum atomic E-state index is -0.925. The summed E-state index contributed by atoms with van der Waals surface area (Å²) >= 11 is 0. The van der Waals surface area contributed by atoms with Gasteiger partial charge in [-0.1, -0.05) is 0 Å². The second kappa shape index (κ2) is 4.34. The number of likely N-dealkylation sites (tertiary alicyclic amines) is 1. The third-order valence-electron chi connectivity index (χ3n) is 2.75. The van der Waals surface area contributed by atoms with E-state index in [9.17, 15) is 9.59 Å². The Balaban J connectivity index is 2.21. The summed E-state index contributed by atoms with van der Waals surface area (Å²) in [6.45, 7) is 0.535. The highest BCUT2D eigenvalue weighted by atomic mass is 16.3. The standard InChI is InChI=1S/C10H13N3O3/c11-9(14)10(15)13-4-2-1-3-7(13)8-5-12-6-16-8/h5-7H,1-4H2,(H2,11,14)/t7-/m0/s1. The Labute approximate surface area is 92.4 Å². The van der Waals surface area contributed by atoms with Crippen molar-refractivity contribution in [2.45, 2.75) is 25.3 Å². The maximum absolute atomic E-state index is 11.6. The van der Waals surface area contributed by atoms with Gasteiger partial charge in [-0.05, 0) is 19.3 Å². The van der Waals surface area contributed by atoms with Crippen LogP contribution in [0.3, 0.4) is 0 Å². The van der Waals surface area contributed by atoms with Crippen LogP contribution in [0.15, 0.2) is 17.0 Å². The van der Waals surface area contributed by atoms with Gasteiger partial charge in [-0.2, -0.15) is 0 Å². The SMILES string of the molecule is NC(=O)C(=O)N1CCCC[C@H]1c1cnco1. The minimum absolute atomic E-state index is 0.212. The maximum atomic E-state index is 11.6. The summed E-state index contributed by atoms with van der Waals surface area (Å²) in [7, 11) is 0. The number of hydrogen-bond donors (Lipinski definition) is 1. The van der Waals surface area contributed by atoms with Crippen molar-refractivity contribution in [3.63, 3.8) is 0 Å². The fourth-order valence-corrected chi connectivity index (χ4v) is 2.00. The van der Waals surface area contributed by atoms with Crippen LogP contribution in [0.4, 0.5) is 0 Å². The third-order valence-corrected chi connectivity index (χ3v) is 2.75. The molecule has 6 nitrogen and oxygen atoms in total. The van der Waals surface area contributed by atoms with Gasteiger partial charge in [0.15, 0.2) is 6.39 Å². The van der Waals surface area contributed by atoms with Crippen molar-refractivity contribution in [3.8, 4) is 0 Å². The molecular weight excluding hydrogens is 210 g/mol. The Bertz CT molecular complexity index is 388. The van der Waals surface area contributed by atoms with Crippen molar-refractivity contribution in [1.29, 1.82) is 0 Å². The molecule has 0 unspecified atom stereocenters. The molecule has 0 saturated carbocycles. The van der Waals surface area contributed by atoms with Crippen LogP contribution >= 0.6 is 0 Å². The van der Waals surface area contributed by atoms with E-state index >= 15 is 0 Å². The van der Waals surface area contributed by atoms with Crippen molar-refractivity contribution in [2.75, 3.05) is 6.54 Å². The monoisotopic (exact) mass is 223 g/mol. The van der Waals surface area contributed by atoms with Gasteiger partial charge in [-0.15, -0.1) is 0 Å². The molecule has 86 valence electrons. The lowest BCUT2D eigenvalue weighted by molar-refractivity contribution is -0.147. The molecule has 1 saturated heterocycles. The first-order chi connectivity index (χ1) is 7.70. The lowest BCUT2D eigenvalue weighted by Gasteiger charge is -2.33. The highest BCUT2D eigenvalue weighted by molar-refractivity contribution is 6.34. The lowest BCUT2D eigenvalue weighted by atomic mass is 10.0. The van der Waals surface area contributed by atoms with E-state index in [0.717, 1.165) is 19.3 Å². The van der Waals surface area contributed by atoms with Gasteiger partial charge in [-0.25, -0.2) is 4.98 Å². The quantitative estimate of drug-likeness (QED) is 0.689. The smallest absolute Gasteiger partial charge is 0.312 e. The summed E-state index contributed by atoms with van der Waals surface area (Å²) < 4.78 is 5.18. The summed E-state index contributed by atoms with van der Waals surface area (Å²) in [4.78, 5) is 27.8. The van der Waals surface area contributed by atoms with E-state index in [1.807, 2.05) is 0 Å². The third kappa shape index (κ3) is 1.91. The number of nitrogens with zero attached hydrogens (tertiary/aromatic N) is 2. The predicted octanol–water partition coefficient (Wildman–Crippen LogP) is 0.213. The molecule has 2 heterocycles. The van der Waals surface area contributed by atoms with Crippen molar-refractivity contribution in [1.82, 2.24) is 9.88 Å². The molecule has 0 spiro atoms. The van der Waals surface area contributed by atoms with Gasteiger partial charge in [0.1, 0.15) is 5.76 Å². The number of primary amides is 1. The Kier molecular flexibility index (Phi) is 2.89. The molecular formula is C10H13N3O3. The van der Waals surface area contributed by atoms with E-state index in [-0.39, 0.29) is 6.04 Å². The topological polar surface area (TPSA) is 89.4 Å². The first-order valence-corrected chi connectivity index (χ1v) is 5.19. The molecule has 1 aliphatic rings. The Morgan fingerprint density at radius 3 is 2.94 bits per heavy atom. The largest absolute Gasteiger partial charge is 0.446 e. The number of aromatic nitrogens is 1. The Hall–Kier alpha value is -1.85. The molecule has 0 radical (unpaired) electrons. The molecule has 1 aromatic rings. The average molecular weight is 223 g/mol. The second-order valence-electron chi connectivity index (χ2n) is 3.78. The van der Waals surface area contributed by atoms with Crippen molar-refractivity contribution >= 4 is 11.8 Å².